The van der Waals surface area contributed by atoms with Gasteiger partial charge in [-0.1, -0.05) is 13.8 Å². The van der Waals surface area contributed by atoms with Gasteiger partial charge in [0.15, 0.2) is 0 Å². The topological polar surface area (TPSA) is 49.4 Å². The number of amides is 2. The molecule has 1 aliphatic heterocycles. The molecule has 20 heavy (non-hydrogen) atoms. The van der Waals surface area contributed by atoms with Crippen LogP contribution < -0.4 is 5.32 Å². The van der Waals surface area contributed by atoms with Crippen molar-refractivity contribution in [2.24, 2.45) is 0 Å². The summed E-state index contributed by atoms with van der Waals surface area (Å²) in [6.07, 6.45) is -3.59. The van der Waals surface area contributed by atoms with E-state index < -0.39 is 36.2 Å². The fourth-order valence-electron chi connectivity index (χ4n) is 2.23. The highest BCUT2D eigenvalue weighted by molar-refractivity contribution is 5.93. The number of carbonyl (C=O) groups is 2. The van der Waals surface area contributed by atoms with Crippen LogP contribution in [0, 0.1) is 0 Å². The summed E-state index contributed by atoms with van der Waals surface area (Å²) < 4.78 is 50.8. The minimum atomic E-state index is -4.28. The predicted molar refractivity (Wildman–Crippen MR) is 63.6 cm³/mol. The highest BCUT2D eigenvalue weighted by atomic mass is 19.3. The lowest BCUT2D eigenvalue weighted by atomic mass is 9.91. The van der Waals surface area contributed by atoms with Crippen molar-refractivity contribution in [3.63, 3.8) is 0 Å². The Hall–Kier alpha value is -1.34. The lowest BCUT2D eigenvalue weighted by Gasteiger charge is -2.35. The number of nitrogens with one attached hydrogen (secondary N) is 1. The number of carbonyl (C=O) groups excluding carboxylic acids is 2. The lowest BCUT2D eigenvalue weighted by Crippen LogP contribution is -2.58. The molecular weight excluding hydrogens is 280 g/mol. The van der Waals surface area contributed by atoms with E-state index >= 15 is 0 Å². The third kappa shape index (κ3) is 3.21. The van der Waals surface area contributed by atoms with Crippen LogP contribution in [0.3, 0.4) is 0 Å². The van der Waals surface area contributed by atoms with Crippen LogP contribution in [0.2, 0.25) is 0 Å². The number of halogens is 4. The summed E-state index contributed by atoms with van der Waals surface area (Å²) in [5.41, 5.74) is -1.29. The van der Waals surface area contributed by atoms with Gasteiger partial charge in [-0.25, -0.2) is 8.78 Å². The van der Waals surface area contributed by atoms with Crippen LogP contribution in [0.15, 0.2) is 0 Å². The van der Waals surface area contributed by atoms with Crippen LogP contribution in [0.1, 0.15) is 33.1 Å². The Labute approximate surface area is 114 Å². The van der Waals surface area contributed by atoms with Crippen LogP contribution in [0.25, 0.3) is 0 Å². The number of hydrogen-bond acceptors (Lipinski definition) is 2. The molecule has 8 heteroatoms. The van der Waals surface area contributed by atoms with Crippen molar-refractivity contribution in [3.05, 3.63) is 0 Å². The van der Waals surface area contributed by atoms with E-state index in [4.69, 9.17) is 0 Å². The van der Waals surface area contributed by atoms with Crippen molar-refractivity contribution in [3.8, 4) is 0 Å². The monoisotopic (exact) mass is 298 g/mol. The smallest absolute Gasteiger partial charge is 0.324 e. The zero-order valence-corrected chi connectivity index (χ0v) is 11.4. The molecule has 1 rings (SSSR count). The van der Waals surface area contributed by atoms with E-state index in [2.05, 4.69) is 5.32 Å². The summed E-state index contributed by atoms with van der Waals surface area (Å²) in [4.78, 5) is 24.6. The van der Waals surface area contributed by atoms with Gasteiger partial charge < -0.3 is 10.2 Å². The van der Waals surface area contributed by atoms with E-state index in [9.17, 15) is 27.2 Å². The minimum absolute atomic E-state index is 0.174. The van der Waals surface area contributed by atoms with E-state index in [1.807, 2.05) is 0 Å². The average Bonchev–Trinajstić information content (AvgIpc) is 2.50. The van der Waals surface area contributed by atoms with Gasteiger partial charge in [0.25, 0.3) is 0 Å². The second kappa shape index (κ2) is 5.97. The maximum absolute atomic E-state index is 13.1. The lowest BCUT2D eigenvalue weighted by molar-refractivity contribution is -0.160. The molecule has 0 radical (unpaired) electrons. The molecule has 2 amide bonds. The second-order valence-electron chi connectivity index (χ2n) is 4.88. The molecule has 0 aromatic rings. The molecule has 116 valence electrons. The molecule has 0 aromatic carbocycles. The Morgan fingerprint density at radius 1 is 1.30 bits per heavy atom. The first-order valence-corrected chi connectivity index (χ1v) is 6.45. The van der Waals surface area contributed by atoms with Gasteiger partial charge in [0.1, 0.15) is 5.54 Å². The molecule has 4 nitrogen and oxygen atoms in total. The molecule has 0 aromatic heterocycles. The van der Waals surface area contributed by atoms with Gasteiger partial charge in [-0.2, -0.15) is 8.78 Å². The maximum atomic E-state index is 13.1. The van der Waals surface area contributed by atoms with E-state index in [1.54, 1.807) is 13.8 Å². The van der Waals surface area contributed by atoms with Crippen molar-refractivity contribution < 1.29 is 27.2 Å². The zero-order valence-electron chi connectivity index (χ0n) is 11.4. The normalized spacial score (nSPS) is 20.1. The van der Waals surface area contributed by atoms with Crippen molar-refractivity contribution in [2.45, 2.75) is 51.0 Å². The molecule has 1 saturated heterocycles. The SMILES string of the molecule is CCC1(CC)NC(=O)CCN(CC(F)(F)C(F)F)C1=O. The van der Waals surface area contributed by atoms with Gasteiger partial charge in [-0.15, -0.1) is 0 Å². The first-order chi connectivity index (χ1) is 9.18. The van der Waals surface area contributed by atoms with Crippen molar-refractivity contribution in [1.29, 1.82) is 0 Å². The number of hydrogen-bond donors (Lipinski definition) is 1. The average molecular weight is 298 g/mol. The highest BCUT2D eigenvalue weighted by Crippen LogP contribution is 2.28. The minimum Gasteiger partial charge on any atom is -0.342 e. The third-order valence-electron chi connectivity index (χ3n) is 3.61. The Bertz CT molecular complexity index is 384. The summed E-state index contributed by atoms with van der Waals surface area (Å²) in [7, 11) is 0. The number of rotatable bonds is 5. The van der Waals surface area contributed by atoms with Crippen molar-refractivity contribution >= 4 is 11.8 Å². The van der Waals surface area contributed by atoms with E-state index in [0.29, 0.717) is 4.90 Å². The molecule has 1 fully saturated rings. The Balaban J connectivity index is 3.02. The van der Waals surface area contributed by atoms with Crippen LogP contribution in [0.4, 0.5) is 17.6 Å². The van der Waals surface area contributed by atoms with Gasteiger partial charge in [-0.05, 0) is 12.8 Å². The van der Waals surface area contributed by atoms with Crippen molar-refractivity contribution in [1.82, 2.24) is 10.2 Å². The fraction of sp³-hybridized carbons (Fsp3) is 0.833. The molecule has 1 aliphatic rings. The van der Waals surface area contributed by atoms with Gasteiger partial charge >= 0.3 is 12.3 Å². The third-order valence-corrected chi connectivity index (χ3v) is 3.61. The Morgan fingerprint density at radius 2 is 1.85 bits per heavy atom. The van der Waals surface area contributed by atoms with Crippen LogP contribution in [-0.2, 0) is 9.59 Å². The summed E-state index contributed by atoms with van der Waals surface area (Å²) in [5.74, 6) is -5.45. The van der Waals surface area contributed by atoms with Gasteiger partial charge in [0.2, 0.25) is 11.8 Å². The molecular formula is C12H18F4N2O2. The van der Waals surface area contributed by atoms with Crippen LogP contribution in [-0.4, -0.2) is 47.7 Å². The predicted octanol–water partition coefficient (Wildman–Crippen LogP) is 1.79. The van der Waals surface area contributed by atoms with E-state index in [-0.39, 0.29) is 25.8 Å². The molecule has 1 N–H and O–H groups in total. The zero-order chi connectivity index (χ0) is 15.6. The van der Waals surface area contributed by atoms with E-state index in [1.165, 1.54) is 0 Å². The van der Waals surface area contributed by atoms with Gasteiger partial charge in [0, 0.05) is 13.0 Å². The Morgan fingerprint density at radius 3 is 2.30 bits per heavy atom. The largest absolute Gasteiger partial charge is 0.342 e. The highest BCUT2D eigenvalue weighted by Gasteiger charge is 2.48. The molecule has 0 spiro atoms. The standard InChI is InChI=1S/C12H18F4N2O2/c1-3-11(4-2)10(20)18(6-5-8(19)17-11)7-12(15,16)9(13)14/h9H,3-7H2,1-2H3,(H,17,19). The number of alkyl halides is 4. The van der Waals surface area contributed by atoms with Crippen LogP contribution >= 0.6 is 0 Å². The summed E-state index contributed by atoms with van der Waals surface area (Å²) in [5, 5.41) is 2.52. The number of nitrogens with zero attached hydrogens (tertiary/aromatic N) is 1. The maximum Gasteiger partial charge on any atom is 0.324 e. The Kier molecular flexibility index (Phi) is 4.99. The summed E-state index contributed by atoms with van der Waals surface area (Å²) in [6.45, 7) is 1.61. The quantitative estimate of drug-likeness (QED) is 0.787. The summed E-state index contributed by atoms with van der Waals surface area (Å²) >= 11 is 0. The summed E-state index contributed by atoms with van der Waals surface area (Å²) in [6, 6.07) is 0. The molecule has 1 heterocycles. The fourth-order valence-corrected chi connectivity index (χ4v) is 2.23. The first kappa shape index (κ1) is 16.7. The van der Waals surface area contributed by atoms with Gasteiger partial charge in [0.05, 0.1) is 6.54 Å². The molecule has 0 bridgehead atoms. The first-order valence-electron chi connectivity index (χ1n) is 6.45. The molecule has 0 saturated carbocycles. The van der Waals surface area contributed by atoms with E-state index in [0.717, 1.165) is 0 Å². The van der Waals surface area contributed by atoms with Crippen LogP contribution in [0.5, 0.6) is 0 Å². The molecule has 0 aliphatic carbocycles. The van der Waals surface area contributed by atoms with Gasteiger partial charge in [-0.3, -0.25) is 9.59 Å². The second-order valence-corrected chi connectivity index (χ2v) is 4.88. The molecule has 0 atom stereocenters. The molecule has 0 unspecified atom stereocenters. The van der Waals surface area contributed by atoms with Crippen molar-refractivity contribution in [2.75, 3.05) is 13.1 Å².